The molecular weight excluding hydrogens is 324 g/mol. The number of amides is 1. The van der Waals surface area contributed by atoms with Crippen molar-refractivity contribution in [3.05, 3.63) is 65.2 Å². The molecule has 2 aliphatic rings. The van der Waals surface area contributed by atoms with Gasteiger partial charge in [-0.3, -0.25) is 9.69 Å². The van der Waals surface area contributed by atoms with Gasteiger partial charge in [-0.25, -0.2) is 0 Å². The standard InChI is InChI=1S/C22H26N2O2/c25-21-7-3-4-17(14-21)8-9-22(26)24-12-10-23(11-13-24)20-15-18-5-1-2-6-19(18)16-20/h1-7,14,20,25H,8-13,15-16H2. The SMILES string of the molecule is O=C(CCc1cccc(O)c1)N1CCN(C2Cc3ccccc3C2)CC1. The van der Waals surface area contributed by atoms with E-state index in [0.717, 1.165) is 44.6 Å². The van der Waals surface area contributed by atoms with Crippen LogP contribution in [0.15, 0.2) is 48.5 Å². The molecule has 0 spiro atoms. The summed E-state index contributed by atoms with van der Waals surface area (Å²) in [7, 11) is 0. The highest BCUT2D eigenvalue weighted by Gasteiger charge is 2.30. The summed E-state index contributed by atoms with van der Waals surface area (Å²) in [5, 5.41) is 9.52. The second-order valence-corrected chi connectivity index (χ2v) is 7.42. The predicted octanol–water partition coefficient (Wildman–Crippen LogP) is 2.64. The number of fused-ring (bicyclic) bond motifs is 1. The number of benzene rings is 2. The van der Waals surface area contributed by atoms with Gasteiger partial charge in [0.2, 0.25) is 5.91 Å². The molecule has 4 nitrogen and oxygen atoms in total. The van der Waals surface area contributed by atoms with E-state index in [1.165, 1.54) is 11.1 Å². The van der Waals surface area contributed by atoms with Crippen molar-refractivity contribution in [1.29, 1.82) is 0 Å². The highest BCUT2D eigenvalue weighted by atomic mass is 16.3. The molecule has 2 aromatic carbocycles. The van der Waals surface area contributed by atoms with Gasteiger partial charge in [-0.15, -0.1) is 0 Å². The first kappa shape index (κ1) is 17.1. The van der Waals surface area contributed by atoms with E-state index in [1.54, 1.807) is 12.1 Å². The average Bonchev–Trinajstić information content (AvgIpc) is 3.10. The summed E-state index contributed by atoms with van der Waals surface area (Å²) in [6, 6.07) is 16.5. The number of phenolic OH excluding ortho intramolecular Hbond substituents is 1. The van der Waals surface area contributed by atoms with E-state index in [9.17, 15) is 9.90 Å². The first-order valence-electron chi connectivity index (χ1n) is 9.55. The van der Waals surface area contributed by atoms with E-state index in [1.807, 2.05) is 17.0 Å². The molecule has 0 atom stereocenters. The minimum atomic E-state index is 0.225. The molecule has 1 N–H and O–H groups in total. The van der Waals surface area contributed by atoms with Crippen LogP contribution in [0.5, 0.6) is 5.75 Å². The van der Waals surface area contributed by atoms with Crippen LogP contribution in [0.3, 0.4) is 0 Å². The number of hydrogen-bond acceptors (Lipinski definition) is 3. The summed E-state index contributed by atoms with van der Waals surface area (Å²) in [5.74, 6) is 0.490. The Hall–Kier alpha value is -2.33. The summed E-state index contributed by atoms with van der Waals surface area (Å²) in [5.41, 5.74) is 3.99. The Morgan fingerprint density at radius 1 is 0.962 bits per heavy atom. The molecule has 4 heteroatoms. The number of piperazine rings is 1. The lowest BCUT2D eigenvalue weighted by Gasteiger charge is -2.38. The lowest BCUT2D eigenvalue weighted by Crippen LogP contribution is -2.52. The number of nitrogens with zero attached hydrogens (tertiary/aromatic N) is 2. The van der Waals surface area contributed by atoms with Crippen molar-refractivity contribution in [3.8, 4) is 5.75 Å². The normalized spacial score (nSPS) is 18.1. The maximum Gasteiger partial charge on any atom is 0.222 e. The molecule has 1 aliphatic heterocycles. The van der Waals surface area contributed by atoms with Crippen LogP contribution >= 0.6 is 0 Å². The van der Waals surface area contributed by atoms with Gasteiger partial charge in [-0.2, -0.15) is 0 Å². The number of aryl methyl sites for hydroxylation is 1. The van der Waals surface area contributed by atoms with Crippen molar-refractivity contribution in [2.45, 2.75) is 31.7 Å². The van der Waals surface area contributed by atoms with Gasteiger partial charge < -0.3 is 10.0 Å². The molecule has 0 saturated carbocycles. The summed E-state index contributed by atoms with van der Waals surface area (Å²) in [6.07, 6.45) is 3.48. The maximum atomic E-state index is 12.5. The monoisotopic (exact) mass is 350 g/mol. The van der Waals surface area contributed by atoms with Crippen LogP contribution < -0.4 is 0 Å². The summed E-state index contributed by atoms with van der Waals surface area (Å²) >= 11 is 0. The summed E-state index contributed by atoms with van der Waals surface area (Å²) < 4.78 is 0. The highest BCUT2D eigenvalue weighted by molar-refractivity contribution is 5.76. The smallest absolute Gasteiger partial charge is 0.222 e. The molecule has 0 radical (unpaired) electrons. The van der Waals surface area contributed by atoms with Gasteiger partial charge in [-0.1, -0.05) is 36.4 Å². The van der Waals surface area contributed by atoms with Crippen molar-refractivity contribution in [3.63, 3.8) is 0 Å². The maximum absolute atomic E-state index is 12.5. The molecule has 1 amide bonds. The Bertz CT molecular complexity index is 756. The van der Waals surface area contributed by atoms with Crippen molar-refractivity contribution >= 4 is 5.91 Å². The second-order valence-electron chi connectivity index (χ2n) is 7.42. The van der Waals surface area contributed by atoms with Gasteiger partial charge in [0.1, 0.15) is 5.75 Å². The zero-order valence-electron chi connectivity index (χ0n) is 15.1. The molecule has 0 unspecified atom stereocenters. The Morgan fingerprint density at radius 2 is 1.65 bits per heavy atom. The van der Waals surface area contributed by atoms with Crippen LogP contribution in [0.1, 0.15) is 23.1 Å². The van der Waals surface area contributed by atoms with E-state index >= 15 is 0 Å². The van der Waals surface area contributed by atoms with Crippen LogP contribution in [-0.4, -0.2) is 53.0 Å². The number of carbonyl (C=O) groups excluding carboxylic acids is 1. The molecule has 4 rings (SSSR count). The van der Waals surface area contributed by atoms with Crippen molar-refractivity contribution in [1.82, 2.24) is 9.80 Å². The van der Waals surface area contributed by atoms with Crippen LogP contribution in [0.4, 0.5) is 0 Å². The van der Waals surface area contributed by atoms with Crippen molar-refractivity contribution in [2.24, 2.45) is 0 Å². The summed E-state index contributed by atoms with van der Waals surface area (Å²) in [6.45, 7) is 3.59. The highest BCUT2D eigenvalue weighted by Crippen LogP contribution is 2.26. The number of rotatable bonds is 4. The van der Waals surface area contributed by atoms with Crippen molar-refractivity contribution < 1.29 is 9.90 Å². The molecule has 1 saturated heterocycles. The van der Waals surface area contributed by atoms with Crippen LogP contribution in [0.25, 0.3) is 0 Å². The van der Waals surface area contributed by atoms with E-state index in [4.69, 9.17) is 0 Å². The number of phenols is 1. The molecular formula is C22H26N2O2. The van der Waals surface area contributed by atoms with Crippen LogP contribution in [0.2, 0.25) is 0 Å². The van der Waals surface area contributed by atoms with E-state index in [2.05, 4.69) is 29.2 Å². The molecule has 1 fully saturated rings. The minimum absolute atomic E-state index is 0.225. The molecule has 136 valence electrons. The zero-order chi connectivity index (χ0) is 17.9. The van der Waals surface area contributed by atoms with Gasteiger partial charge in [-0.05, 0) is 48.1 Å². The van der Waals surface area contributed by atoms with Gasteiger partial charge in [0, 0.05) is 38.6 Å². The molecule has 2 aromatic rings. The average molecular weight is 350 g/mol. The van der Waals surface area contributed by atoms with E-state index in [0.29, 0.717) is 18.9 Å². The van der Waals surface area contributed by atoms with Crippen LogP contribution in [0, 0.1) is 0 Å². The third-order valence-corrected chi connectivity index (χ3v) is 5.75. The number of hydrogen-bond donors (Lipinski definition) is 1. The van der Waals surface area contributed by atoms with E-state index < -0.39 is 0 Å². The van der Waals surface area contributed by atoms with E-state index in [-0.39, 0.29) is 11.7 Å². The fraction of sp³-hybridized carbons (Fsp3) is 0.409. The Balaban J connectivity index is 1.25. The number of carbonyl (C=O) groups is 1. The predicted molar refractivity (Wildman–Crippen MR) is 102 cm³/mol. The summed E-state index contributed by atoms with van der Waals surface area (Å²) in [4.78, 5) is 17.1. The lowest BCUT2D eigenvalue weighted by atomic mass is 10.1. The van der Waals surface area contributed by atoms with Crippen molar-refractivity contribution in [2.75, 3.05) is 26.2 Å². The quantitative estimate of drug-likeness (QED) is 0.922. The fourth-order valence-electron chi connectivity index (χ4n) is 4.25. The third kappa shape index (κ3) is 3.75. The van der Waals surface area contributed by atoms with Gasteiger partial charge in [0.15, 0.2) is 0 Å². The topological polar surface area (TPSA) is 43.8 Å². The fourth-order valence-corrected chi connectivity index (χ4v) is 4.25. The largest absolute Gasteiger partial charge is 0.508 e. The molecule has 1 heterocycles. The van der Waals surface area contributed by atoms with Crippen LogP contribution in [-0.2, 0) is 24.1 Å². The Kier molecular flexibility index (Phi) is 4.93. The third-order valence-electron chi connectivity index (χ3n) is 5.75. The zero-order valence-corrected chi connectivity index (χ0v) is 15.1. The first-order chi connectivity index (χ1) is 12.7. The molecule has 0 bridgehead atoms. The molecule has 26 heavy (non-hydrogen) atoms. The Labute approximate surface area is 155 Å². The van der Waals surface area contributed by atoms with Gasteiger partial charge in [0.25, 0.3) is 0 Å². The molecule has 1 aliphatic carbocycles. The number of aromatic hydroxyl groups is 1. The van der Waals surface area contributed by atoms with Gasteiger partial charge >= 0.3 is 0 Å². The molecule has 0 aromatic heterocycles. The Morgan fingerprint density at radius 3 is 2.31 bits per heavy atom. The minimum Gasteiger partial charge on any atom is -0.508 e. The second kappa shape index (κ2) is 7.50. The lowest BCUT2D eigenvalue weighted by molar-refractivity contribution is -0.133. The first-order valence-corrected chi connectivity index (χ1v) is 9.55. The van der Waals surface area contributed by atoms with Gasteiger partial charge in [0.05, 0.1) is 0 Å².